The smallest absolute Gasteiger partial charge is 0.0285 e. The van der Waals surface area contributed by atoms with Crippen LogP contribution in [0.1, 0.15) is 81.3 Å². The fraction of sp³-hybridized carbons (Fsp3) is 0.438. The highest BCUT2D eigenvalue weighted by molar-refractivity contribution is 9.08. The van der Waals surface area contributed by atoms with Crippen molar-refractivity contribution >= 4 is 31.9 Å². The molecule has 0 atom stereocenters. The van der Waals surface area contributed by atoms with Crippen LogP contribution in [0.15, 0.2) is 48.5 Å². The van der Waals surface area contributed by atoms with Gasteiger partial charge in [-0.15, -0.1) is 0 Å². The highest BCUT2D eigenvalue weighted by Crippen LogP contribution is 2.29. The molecule has 2 heteroatoms. The van der Waals surface area contributed by atoms with E-state index >= 15 is 0 Å². The third-order valence-electron chi connectivity index (χ3n) is 7.93. The lowest BCUT2D eigenvalue weighted by atomic mass is 9.85. The molecule has 0 radical (unpaired) electrons. The van der Waals surface area contributed by atoms with Gasteiger partial charge in [-0.25, -0.2) is 0 Å². The van der Waals surface area contributed by atoms with Gasteiger partial charge in [0.1, 0.15) is 0 Å². The summed E-state index contributed by atoms with van der Waals surface area (Å²) in [6, 6.07) is 19.6. The Balaban J connectivity index is 1.45. The van der Waals surface area contributed by atoms with Crippen LogP contribution in [0.3, 0.4) is 0 Å². The molecule has 3 aromatic carbocycles. The van der Waals surface area contributed by atoms with Crippen molar-refractivity contribution in [3.63, 3.8) is 0 Å². The van der Waals surface area contributed by atoms with Crippen LogP contribution in [-0.4, -0.2) is 0 Å². The van der Waals surface area contributed by atoms with Crippen LogP contribution in [0.4, 0.5) is 0 Å². The minimum atomic E-state index is 0.952. The van der Waals surface area contributed by atoms with E-state index in [9.17, 15) is 0 Å². The zero-order valence-electron chi connectivity index (χ0n) is 20.3. The lowest BCUT2D eigenvalue weighted by Crippen LogP contribution is -2.08. The number of hydrogen-bond donors (Lipinski definition) is 0. The van der Waals surface area contributed by atoms with Crippen molar-refractivity contribution in [3.8, 4) is 0 Å². The SMILES string of the molecule is BrCc1cc(CBr)c2cc1CCCc1cc(c3cc1CCCc1cccc(c1)CCC3)CCC2. The van der Waals surface area contributed by atoms with E-state index in [1.807, 2.05) is 0 Å². The second-order valence-electron chi connectivity index (χ2n) is 10.3. The third kappa shape index (κ3) is 5.71. The highest BCUT2D eigenvalue weighted by atomic mass is 79.9. The van der Waals surface area contributed by atoms with Gasteiger partial charge in [-0.2, -0.15) is 0 Å². The van der Waals surface area contributed by atoms with Gasteiger partial charge in [-0.05, 0) is 133 Å². The van der Waals surface area contributed by atoms with Crippen molar-refractivity contribution in [1.82, 2.24) is 0 Å². The molecule has 0 saturated carbocycles. The topological polar surface area (TPSA) is 0 Å². The molecule has 0 N–H and O–H groups in total. The second-order valence-corrected chi connectivity index (χ2v) is 11.4. The Kier molecular flexibility index (Phi) is 8.28. The molecule has 0 saturated heterocycles. The molecule has 8 bridgehead atoms. The van der Waals surface area contributed by atoms with E-state index in [4.69, 9.17) is 0 Å². The van der Waals surface area contributed by atoms with Crippen molar-refractivity contribution in [1.29, 1.82) is 0 Å². The van der Waals surface area contributed by atoms with Crippen molar-refractivity contribution in [2.45, 2.75) is 87.7 Å². The van der Waals surface area contributed by atoms with E-state index in [2.05, 4.69) is 80.4 Å². The Morgan fingerprint density at radius 3 is 1.26 bits per heavy atom. The summed E-state index contributed by atoms with van der Waals surface area (Å²) in [5, 5.41) is 1.90. The standard InChI is InChI=1S/C32H36Br2/c33-21-31-20-32(22-34)30-15-5-13-28-18-27(12-4-14-29(31)19-30)25-10-2-8-23-6-1-7-24(16-23)9-3-11-26(28)17-25/h1,6-7,16-20H,2-5,8-15,21-22H2. The Bertz CT molecular complexity index is 1070. The predicted molar refractivity (Wildman–Crippen MR) is 153 cm³/mol. The normalized spacial score (nSPS) is 16.5. The zero-order chi connectivity index (χ0) is 23.3. The molecule has 0 heterocycles. The summed E-state index contributed by atoms with van der Waals surface area (Å²) in [4.78, 5) is 0. The van der Waals surface area contributed by atoms with Gasteiger partial charge in [-0.3, -0.25) is 0 Å². The Hall–Kier alpha value is -1.38. The number of halogens is 2. The third-order valence-corrected chi connectivity index (χ3v) is 9.14. The molecule has 2 aliphatic rings. The Morgan fingerprint density at radius 2 is 0.824 bits per heavy atom. The molecule has 3 aromatic rings. The molecular weight excluding hydrogens is 544 g/mol. The van der Waals surface area contributed by atoms with Crippen molar-refractivity contribution in [2.75, 3.05) is 0 Å². The largest absolute Gasteiger partial charge is 0.0876 e. The fourth-order valence-electron chi connectivity index (χ4n) is 6.07. The molecule has 0 fully saturated rings. The minimum Gasteiger partial charge on any atom is -0.0876 e. The van der Waals surface area contributed by atoms with E-state index < -0.39 is 0 Å². The van der Waals surface area contributed by atoms with Gasteiger partial charge < -0.3 is 0 Å². The quantitative estimate of drug-likeness (QED) is 0.266. The fourth-order valence-corrected chi connectivity index (χ4v) is 7.12. The molecular formula is C32H36Br2. The average Bonchev–Trinajstić information content (AvgIpc) is 2.84. The molecule has 2 aliphatic carbocycles. The molecule has 0 amide bonds. The summed E-state index contributed by atoms with van der Waals surface area (Å²) in [6.45, 7) is 0. The first-order valence-electron chi connectivity index (χ1n) is 13.2. The van der Waals surface area contributed by atoms with Crippen LogP contribution in [0, 0.1) is 0 Å². The van der Waals surface area contributed by atoms with E-state index in [0.29, 0.717) is 0 Å². The molecule has 0 aliphatic heterocycles. The maximum absolute atomic E-state index is 3.75. The first-order chi connectivity index (χ1) is 16.7. The molecule has 0 spiro atoms. The Labute approximate surface area is 222 Å². The molecule has 5 rings (SSSR count). The van der Waals surface area contributed by atoms with E-state index in [1.165, 1.54) is 99.3 Å². The van der Waals surface area contributed by atoms with Gasteiger partial charge in [0.15, 0.2) is 0 Å². The molecule has 0 aromatic heterocycles. The van der Waals surface area contributed by atoms with Gasteiger partial charge >= 0.3 is 0 Å². The van der Waals surface area contributed by atoms with Crippen LogP contribution in [0.25, 0.3) is 0 Å². The summed E-state index contributed by atoms with van der Waals surface area (Å²) in [6.07, 6.45) is 14.6. The summed E-state index contributed by atoms with van der Waals surface area (Å²) < 4.78 is 0. The molecule has 34 heavy (non-hydrogen) atoms. The van der Waals surface area contributed by atoms with Crippen LogP contribution >= 0.6 is 31.9 Å². The summed E-state index contributed by atoms with van der Waals surface area (Å²) >= 11 is 7.50. The van der Waals surface area contributed by atoms with Crippen LogP contribution in [-0.2, 0) is 62.0 Å². The summed E-state index contributed by atoms with van der Waals surface area (Å²) in [7, 11) is 0. The van der Waals surface area contributed by atoms with E-state index in [1.54, 1.807) is 33.4 Å². The number of benzene rings is 3. The van der Waals surface area contributed by atoms with Crippen LogP contribution < -0.4 is 0 Å². The molecule has 0 nitrogen and oxygen atoms in total. The number of rotatable bonds is 2. The van der Waals surface area contributed by atoms with E-state index in [-0.39, 0.29) is 0 Å². The lowest BCUT2D eigenvalue weighted by Gasteiger charge is -2.20. The molecule has 0 unspecified atom stereocenters. The Morgan fingerprint density at radius 1 is 0.441 bits per heavy atom. The minimum absolute atomic E-state index is 0.952. The van der Waals surface area contributed by atoms with Crippen molar-refractivity contribution < 1.29 is 0 Å². The monoisotopic (exact) mass is 578 g/mol. The van der Waals surface area contributed by atoms with Gasteiger partial charge in [-0.1, -0.05) is 80.4 Å². The predicted octanol–water partition coefficient (Wildman–Crippen LogP) is 8.80. The lowest BCUT2D eigenvalue weighted by molar-refractivity contribution is 0.740. The van der Waals surface area contributed by atoms with Crippen molar-refractivity contribution in [2.24, 2.45) is 0 Å². The second kappa shape index (κ2) is 11.6. The maximum Gasteiger partial charge on any atom is 0.0285 e. The number of hydrogen-bond acceptors (Lipinski definition) is 0. The first kappa shape index (κ1) is 24.3. The van der Waals surface area contributed by atoms with Crippen molar-refractivity contribution in [3.05, 3.63) is 104 Å². The van der Waals surface area contributed by atoms with Gasteiger partial charge in [0.05, 0.1) is 0 Å². The average molecular weight is 580 g/mol. The van der Waals surface area contributed by atoms with Gasteiger partial charge in [0.2, 0.25) is 0 Å². The number of aryl methyl sites for hydroxylation is 8. The number of fused-ring (bicyclic) bond motifs is 10. The summed E-state index contributed by atoms with van der Waals surface area (Å²) in [5.41, 5.74) is 15.6. The molecule has 178 valence electrons. The highest BCUT2D eigenvalue weighted by Gasteiger charge is 2.15. The van der Waals surface area contributed by atoms with Crippen LogP contribution in [0.5, 0.6) is 0 Å². The summed E-state index contributed by atoms with van der Waals surface area (Å²) in [5.74, 6) is 0. The van der Waals surface area contributed by atoms with Gasteiger partial charge in [0.25, 0.3) is 0 Å². The van der Waals surface area contributed by atoms with Crippen LogP contribution in [0.2, 0.25) is 0 Å². The zero-order valence-corrected chi connectivity index (χ0v) is 23.4. The van der Waals surface area contributed by atoms with E-state index in [0.717, 1.165) is 10.7 Å². The maximum atomic E-state index is 3.75. The number of alkyl halides is 2. The first-order valence-corrected chi connectivity index (χ1v) is 15.4. The van der Waals surface area contributed by atoms with Gasteiger partial charge in [0, 0.05) is 10.7 Å².